The summed E-state index contributed by atoms with van der Waals surface area (Å²) in [5, 5.41) is 3.36. The molecule has 0 bridgehead atoms. The molecule has 3 rings (SSSR count). The Balaban J connectivity index is 1.90. The van der Waals surface area contributed by atoms with Gasteiger partial charge >= 0.3 is 0 Å². The quantitative estimate of drug-likeness (QED) is 0.919. The summed E-state index contributed by atoms with van der Waals surface area (Å²) < 4.78 is 7.69. The fourth-order valence-corrected chi connectivity index (χ4v) is 2.49. The van der Waals surface area contributed by atoms with Gasteiger partial charge in [-0.3, -0.25) is 4.57 Å². The summed E-state index contributed by atoms with van der Waals surface area (Å²) in [5.74, 6) is 1.89. The van der Waals surface area contributed by atoms with Gasteiger partial charge in [-0.1, -0.05) is 6.07 Å². The molecule has 2 heterocycles. The van der Waals surface area contributed by atoms with E-state index in [1.54, 1.807) is 0 Å². The number of piperazine rings is 1. The van der Waals surface area contributed by atoms with Gasteiger partial charge in [0.05, 0.1) is 12.3 Å². The first-order valence-electron chi connectivity index (χ1n) is 7.10. The molecule has 20 heavy (non-hydrogen) atoms. The zero-order valence-corrected chi connectivity index (χ0v) is 11.7. The Hall–Kier alpha value is -2.01. The molecule has 106 valence electrons. The second kappa shape index (κ2) is 5.96. The maximum Gasteiger partial charge on any atom is 0.210 e. The average molecular weight is 272 g/mol. The third kappa shape index (κ3) is 2.63. The van der Waals surface area contributed by atoms with Crippen molar-refractivity contribution in [2.45, 2.75) is 6.92 Å². The predicted octanol–water partition coefficient (Wildman–Crippen LogP) is 1.68. The Morgan fingerprint density at radius 2 is 2.15 bits per heavy atom. The first-order valence-corrected chi connectivity index (χ1v) is 7.10. The van der Waals surface area contributed by atoms with Crippen LogP contribution in [0.3, 0.4) is 0 Å². The number of hydrogen-bond donors (Lipinski definition) is 1. The van der Waals surface area contributed by atoms with Gasteiger partial charge in [-0.2, -0.15) is 0 Å². The largest absolute Gasteiger partial charge is 0.494 e. The molecule has 0 amide bonds. The Labute approximate surface area is 119 Å². The monoisotopic (exact) mass is 272 g/mol. The standard InChI is InChI=1S/C15H20N4O/c1-2-20-14-5-3-4-13(12-14)19-11-8-17-15(19)18-9-6-16-7-10-18/h3-5,8,11-12,16H,2,6-7,9-10H2,1H3. The van der Waals surface area contributed by atoms with Gasteiger partial charge in [0.15, 0.2) is 0 Å². The van der Waals surface area contributed by atoms with Crippen LogP contribution in [0, 0.1) is 0 Å². The third-order valence-electron chi connectivity index (χ3n) is 3.43. The molecule has 0 saturated carbocycles. The number of aromatic nitrogens is 2. The molecule has 0 radical (unpaired) electrons. The van der Waals surface area contributed by atoms with Gasteiger partial charge in [-0.15, -0.1) is 0 Å². The van der Waals surface area contributed by atoms with Gasteiger partial charge in [-0.25, -0.2) is 4.98 Å². The molecule has 1 aliphatic heterocycles. The van der Waals surface area contributed by atoms with Crippen LogP contribution in [0.4, 0.5) is 5.95 Å². The smallest absolute Gasteiger partial charge is 0.210 e. The molecule has 1 aromatic carbocycles. The van der Waals surface area contributed by atoms with Crippen LogP contribution in [-0.2, 0) is 0 Å². The molecule has 0 aliphatic carbocycles. The lowest BCUT2D eigenvalue weighted by Gasteiger charge is -2.28. The summed E-state index contributed by atoms with van der Waals surface area (Å²) in [4.78, 5) is 6.82. The van der Waals surface area contributed by atoms with Crippen LogP contribution in [0.5, 0.6) is 5.75 Å². The maximum atomic E-state index is 5.57. The van der Waals surface area contributed by atoms with Gasteiger partial charge in [0, 0.05) is 44.6 Å². The topological polar surface area (TPSA) is 42.3 Å². The van der Waals surface area contributed by atoms with E-state index in [4.69, 9.17) is 4.74 Å². The summed E-state index contributed by atoms with van der Waals surface area (Å²) in [5.41, 5.74) is 1.09. The predicted molar refractivity (Wildman–Crippen MR) is 79.8 cm³/mol. The lowest BCUT2D eigenvalue weighted by molar-refractivity contribution is 0.340. The van der Waals surface area contributed by atoms with Crippen LogP contribution in [0.1, 0.15) is 6.92 Å². The summed E-state index contributed by atoms with van der Waals surface area (Å²) in [6.45, 7) is 6.66. The van der Waals surface area contributed by atoms with Crippen molar-refractivity contribution in [3.05, 3.63) is 36.7 Å². The van der Waals surface area contributed by atoms with Gasteiger partial charge in [-0.05, 0) is 19.1 Å². The van der Waals surface area contributed by atoms with Gasteiger partial charge < -0.3 is 15.0 Å². The lowest BCUT2D eigenvalue weighted by Crippen LogP contribution is -2.44. The van der Waals surface area contributed by atoms with Crippen molar-refractivity contribution in [1.82, 2.24) is 14.9 Å². The molecular weight excluding hydrogens is 252 g/mol. The second-order valence-electron chi connectivity index (χ2n) is 4.76. The Kier molecular flexibility index (Phi) is 3.87. The molecule has 1 aromatic heterocycles. The summed E-state index contributed by atoms with van der Waals surface area (Å²) in [6.07, 6.45) is 3.85. The van der Waals surface area contributed by atoms with Crippen molar-refractivity contribution in [2.75, 3.05) is 37.7 Å². The molecule has 2 aromatic rings. The van der Waals surface area contributed by atoms with Crippen LogP contribution in [0.25, 0.3) is 5.69 Å². The number of rotatable bonds is 4. The fourth-order valence-electron chi connectivity index (χ4n) is 2.49. The number of benzene rings is 1. The summed E-state index contributed by atoms with van der Waals surface area (Å²) >= 11 is 0. The minimum Gasteiger partial charge on any atom is -0.494 e. The minimum atomic E-state index is 0.679. The van der Waals surface area contributed by atoms with Crippen LogP contribution in [0.15, 0.2) is 36.7 Å². The molecule has 1 fully saturated rings. The number of imidazole rings is 1. The first kappa shape index (κ1) is 13.0. The molecule has 0 unspecified atom stereocenters. The summed E-state index contributed by atoms with van der Waals surface area (Å²) in [7, 11) is 0. The molecule has 1 aliphatic rings. The van der Waals surface area contributed by atoms with Crippen molar-refractivity contribution in [1.29, 1.82) is 0 Å². The minimum absolute atomic E-state index is 0.679. The van der Waals surface area contributed by atoms with E-state index in [1.165, 1.54) is 0 Å². The van der Waals surface area contributed by atoms with Crippen LogP contribution < -0.4 is 15.0 Å². The highest BCUT2D eigenvalue weighted by molar-refractivity contribution is 5.47. The number of anilines is 1. The van der Waals surface area contributed by atoms with Crippen LogP contribution in [-0.4, -0.2) is 42.3 Å². The van der Waals surface area contributed by atoms with E-state index in [1.807, 2.05) is 31.5 Å². The zero-order valence-electron chi connectivity index (χ0n) is 11.7. The van der Waals surface area contributed by atoms with Crippen LogP contribution in [0.2, 0.25) is 0 Å². The Bertz CT molecular complexity index is 561. The maximum absolute atomic E-state index is 5.57. The molecule has 1 N–H and O–H groups in total. The van der Waals surface area contributed by atoms with Crippen molar-refractivity contribution in [3.63, 3.8) is 0 Å². The molecule has 5 heteroatoms. The van der Waals surface area contributed by atoms with E-state index in [0.29, 0.717) is 6.61 Å². The first-order chi connectivity index (χ1) is 9.88. The average Bonchev–Trinajstić information content (AvgIpc) is 2.98. The summed E-state index contributed by atoms with van der Waals surface area (Å²) in [6, 6.07) is 8.13. The van der Waals surface area contributed by atoms with Gasteiger partial charge in [0.25, 0.3) is 0 Å². The van der Waals surface area contributed by atoms with E-state index < -0.39 is 0 Å². The molecular formula is C15H20N4O. The molecule has 0 atom stereocenters. The number of nitrogens with one attached hydrogen (secondary N) is 1. The van der Waals surface area contributed by atoms with E-state index in [0.717, 1.165) is 43.6 Å². The Morgan fingerprint density at radius 3 is 2.95 bits per heavy atom. The number of hydrogen-bond acceptors (Lipinski definition) is 4. The highest BCUT2D eigenvalue weighted by Gasteiger charge is 2.16. The van der Waals surface area contributed by atoms with Crippen molar-refractivity contribution >= 4 is 5.95 Å². The SMILES string of the molecule is CCOc1cccc(-n2ccnc2N2CCNCC2)c1. The third-order valence-corrected chi connectivity index (χ3v) is 3.43. The molecule has 5 nitrogen and oxygen atoms in total. The lowest BCUT2D eigenvalue weighted by atomic mass is 10.3. The highest BCUT2D eigenvalue weighted by Crippen LogP contribution is 2.22. The fraction of sp³-hybridized carbons (Fsp3) is 0.400. The van der Waals surface area contributed by atoms with E-state index >= 15 is 0 Å². The van der Waals surface area contributed by atoms with E-state index in [2.05, 4.69) is 31.9 Å². The zero-order chi connectivity index (χ0) is 13.8. The van der Waals surface area contributed by atoms with Crippen molar-refractivity contribution < 1.29 is 4.74 Å². The van der Waals surface area contributed by atoms with E-state index in [9.17, 15) is 0 Å². The van der Waals surface area contributed by atoms with Gasteiger partial charge in [0.2, 0.25) is 5.95 Å². The number of ether oxygens (including phenoxy) is 1. The second-order valence-corrected chi connectivity index (χ2v) is 4.76. The Morgan fingerprint density at radius 1 is 1.30 bits per heavy atom. The van der Waals surface area contributed by atoms with Crippen molar-refractivity contribution in [2.24, 2.45) is 0 Å². The normalized spacial score (nSPS) is 15.3. The van der Waals surface area contributed by atoms with Gasteiger partial charge in [0.1, 0.15) is 5.75 Å². The number of nitrogens with zero attached hydrogens (tertiary/aromatic N) is 3. The molecule has 1 saturated heterocycles. The van der Waals surface area contributed by atoms with Crippen LogP contribution >= 0.6 is 0 Å². The highest BCUT2D eigenvalue weighted by atomic mass is 16.5. The molecule has 0 spiro atoms. The van der Waals surface area contributed by atoms with E-state index in [-0.39, 0.29) is 0 Å². The van der Waals surface area contributed by atoms with Crippen molar-refractivity contribution in [3.8, 4) is 11.4 Å².